The standard InChI is InChI=1S/C38H39Br3/c39-31-7-1-28(2-8-31)34-14-25-13-26(15-34)19-37(18-25,22-34)38-20-27-16-35(23-38,29-3-9-32(40)10-4-29)21-36(17-27,24-38)30-5-11-33(41)12-6-30/h1-12,25-27H,13-24H2. The lowest BCUT2D eigenvalue weighted by molar-refractivity contribution is -0.218. The molecule has 0 nitrogen and oxygen atoms in total. The first-order valence-electron chi connectivity index (χ1n) is 16.0. The van der Waals surface area contributed by atoms with Crippen LogP contribution in [0.3, 0.4) is 0 Å². The topological polar surface area (TPSA) is 0 Å². The van der Waals surface area contributed by atoms with Gasteiger partial charge in [-0.05, 0) is 175 Å². The fraction of sp³-hybridized carbons (Fsp3) is 0.526. The second-order valence-electron chi connectivity index (χ2n) is 15.9. The van der Waals surface area contributed by atoms with E-state index in [-0.39, 0.29) is 0 Å². The van der Waals surface area contributed by atoms with Crippen LogP contribution in [0.25, 0.3) is 0 Å². The van der Waals surface area contributed by atoms with Gasteiger partial charge < -0.3 is 0 Å². The molecule has 0 aromatic heterocycles. The van der Waals surface area contributed by atoms with Crippen LogP contribution in [0, 0.1) is 28.6 Å². The summed E-state index contributed by atoms with van der Waals surface area (Å²) < 4.78 is 3.64. The minimum atomic E-state index is 0.307. The lowest BCUT2D eigenvalue weighted by atomic mass is 9.28. The van der Waals surface area contributed by atoms with E-state index in [9.17, 15) is 0 Å². The third-order valence-electron chi connectivity index (χ3n) is 13.6. The third kappa shape index (κ3) is 3.79. The molecular weight excluding hydrogens is 696 g/mol. The fourth-order valence-electron chi connectivity index (χ4n) is 13.3. The van der Waals surface area contributed by atoms with Gasteiger partial charge in [-0.1, -0.05) is 84.2 Å². The third-order valence-corrected chi connectivity index (χ3v) is 15.2. The number of hydrogen-bond acceptors (Lipinski definition) is 0. The molecule has 41 heavy (non-hydrogen) atoms. The Balaban J connectivity index is 1.21. The highest BCUT2D eigenvalue weighted by Gasteiger charge is 2.72. The van der Waals surface area contributed by atoms with Crippen molar-refractivity contribution in [2.24, 2.45) is 28.6 Å². The van der Waals surface area contributed by atoms with Gasteiger partial charge in [0, 0.05) is 13.4 Å². The molecule has 3 aromatic rings. The minimum Gasteiger partial charge on any atom is -0.0574 e. The molecule has 8 fully saturated rings. The van der Waals surface area contributed by atoms with Crippen LogP contribution in [0.15, 0.2) is 86.2 Å². The van der Waals surface area contributed by atoms with Gasteiger partial charge in [0.15, 0.2) is 0 Å². The molecule has 3 heteroatoms. The van der Waals surface area contributed by atoms with Gasteiger partial charge in [0.25, 0.3) is 0 Å². The second kappa shape index (κ2) is 8.85. The SMILES string of the molecule is Brc1ccc(C23CC4CC(C2)CC(C25CC6CC(c7ccc(Br)cc7)(CC(c7ccc(Br)cc7)(C6)C2)C5)(C4)C3)cc1. The minimum absolute atomic E-state index is 0.307. The molecule has 0 heterocycles. The number of hydrogen-bond donors (Lipinski definition) is 0. The Labute approximate surface area is 270 Å². The summed E-state index contributed by atoms with van der Waals surface area (Å²) in [6.07, 6.45) is 17.3. The molecule has 4 unspecified atom stereocenters. The van der Waals surface area contributed by atoms with Crippen molar-refractivity contribution in [2.45, 2.75) is 93.3 Å². The average molecular weight is 735 g/mol. The van der Waals surface area contributed by atoms with Gasteiger partial charge in [-0.25, -0.2) is 0 Å². The molecule has 0 spiro atoms. The predicted molar refractivity (Wildman–Crippen MR) is 178 cm³/mol. The Bertz CT molecular complexity index is 1430. The lowest BCUT2D eigenvalue weighted by Crippen LogP contribution is -2.68. The number of rotatable bonds is 4. The van der Waals surface area contributed by atoms with Gasteiger partial charge in [-0.2, -0.15) is 0 Å². The first kappa shape index (κ1) is 26.5. The molecule has 8 saturated carbocycles. The molecule has 3 aromatic carbocycles. The molecule has 8 aliphatic rings. The highest BCUT2D eigenvalue weighted by molar-refractivity contribution is 9.11. The Hall–Kier alpha value is -0.900. The van der Waals surface area contributed by atoms with Crippen molar-refractivity contribution in [1.82, 2.24) is 0 Å². The summed E-state index contributed by atoms with van der Waals surface area (Å²) in [6.45, 7) is 0. The molecule has 0 aliphatic heterocycles. The molecule has 0 radical (unpaired) electrons. The van der Waals surface area contributed by atoms with Crippen LogP contribution in [0.5, 0.6) is 0 Å². The smallest absolute Gasteiger partial charge is 0.0175 e. The summed E-state index contributed by atoms with van der Waals surface area (Å²) in [5, 5.41) is 0. The number of benzene rings is 3. The predicted octanol–water partition coefficient (Wildman–Crippen LogP) is 11.7. The Morgan fingerprint density at radius 1 is 0.390 bits per heavy atom. The largest absolute Gasteiger partial charge is 0.0574 e. The molecule has 0 saturated heterocycles. The zero-order valence-electron chi connectivity index (χ0n) is 23.8. The van der Waals surface area contributed by atoms with Crippen molar-refractivity contribution in [1.29, 1.82) is 0 Å². The molecule has 8 bridgehead atoms. The summed E-state index contributed by atoms with van der Waals surface area (Å²) in [7, 11) is 0. The maximum atomic E-state index is 3.75. The van der Waals surface area contributed by atoms with E-state index in [0.717, 1.165) is 17.8 Å². The second-order valence-corrected chi connectivity index (χ2v) is 18.6. The fourth-order valence-corrected chi connectivity index (χ4v) is 14.1. The molecule has 4 atom stereocenters. The van der Waals surface area contributed by atoms with E-state index in [1.807, 2.05) is 0 Å². The normalized spacial score (nSPS) is 43.5. The maximum absolute atomic E-state index is 3.75. The maximum Gasteiger partial charge on any atom is 0.0175 e. The first-order valence-corrected chi connectivity index (χ1v) is 18.4. The highest BCUT2D eigenvalue weighted by Crippen LogP contribution is 2.80. The zero-order valence-corrected chi connectivity index (χ0v) is 28.5. The van der Waals surface area contributed by atoms with E-state index < -0.39 is 0 Å². The van der Waals surface area contributed by atoms with Crippen molar-refractivity contribution in [3.05, 3.63) is 103 Å². The van der Waals surface area contributed by atoms with Crippen LogP contribution in [0.2, 0.25) is 0 Å². The molecule has 0 N–H and O–H groups in total. The lowest BCUT2D eigenvalue weighted by Gasteiger charge is -2.76. The molecular formula is C38H39Br3. The molecule has 212 valence electrons. The van der Waals surface area contributed by atoms with Crippen molar-refractivity contribution in [3.63, 3.8) is 0 Å². The van der Waals surface area contributed by atoms with Gasteiger partial charge in [0.2, 0.25) is 0 Å². The van der Waals surface area contributed by atoms with Gasteiger partial charge in [-0.15, -0.1) is 0 Å². The summed E-state index contributed by atoms with van der Waals surface area (Å²) >= 11 is 11.2. The number of halogens is 3. The Morgan fingerprint density at radius 3 is 1.22 bits per heavy atom. The molecule has 11 rings (SSSR count). The van der Waals surface area contributed by atoms with E-state index in [4.69, 9.17) is 0 Å². The average Bonchev–Trinajstić information content (AvgIpc) is 2.92. The van der Waals surface area contributed by atoms with Crippen molar-refractivity contribution >= 4 is 47.8 Å². The van der Waals surface area contributed by atoms with E-state index in [1.54, 1.807) is 16.7 Å². The summed E-state index contributed by atoms with van der Waals surface area (Å²) in [4.78, 5) is 0. The molecule has 8 aliphatic carbocycles. The van der Waals surface area contributed by atoms with Crippen LogP contribution in [0.1, 0.15) is 93.7 Å². The van der Waals surface area contributed by atoms with Crippen LogP contribution in [-0.2, 0) is 16.2 Å². The highest BCUT2D eigenvalue weighted by atomic mass is 79.9. The van der Waals surface area contributed by atoms with Crippen molar-refractivity contribution in [2.75, 3.05) is 0 Å². The summed E-state index contributed by atoms with van der Waals surface area (Å²) in [5.74, 6) is 2.68. The summed E-state index contributed by atoms with van der Waals surface area (Å²) in [6, 6.07) is 28.8. The summed E-state index contributed by atoms with van der Waals surface area (Å²) in [5.41, 5.74) is 6.85. The van der Waals surface area contributed by atoms with E-state index in [1.165, 1.54) is 90.5 Å². The van der Waals surface area contributed by atoms with Gasteiger partial charge in [-0.3, -0.25) is 0 Å². The molecule has 0 amide bonds. The quantitative estimate of drug-likeness (QED) is 0.250. The van der Waals surface area contributed by atoms with Crippen LogP contribution in [0.4, 0.5) is 0 Å². The van der Waals surface area contributed by atoms with Crippen LogP contribution >= 0.6 is 47.8 Å². The van der Waals surface area contributed by atoms with E-state index in [0.29, 0.717) is 27.1 Å². The van der Waals surface area contributed by atoms with Gasteiger partial charge in [0.05, 0.1) is 0 Å². The van der Waals surface area contributed by atoms with Gasteiger partial charge in [0.1, 0.15) is 0 Å². The van der Waals surface area contributed by atoms with E-state index in [2.05, 4.69) is 121 Å². The Morgan fingerprint density at radius 2 is 0.756 bits per heavy atom. The van der Waals surface area contributed by atoms with Gasteiger partial charge >= 0.3 is 0 Å². The Kier molecular flexibility index (Phi) is 5.72. The van der Waals surface area contributed by atoms with E-state index >= 15 is 0 Å². The monoisotopic (exact) mass is 732 g/mol. The van der Waals surface area contributed by atoms with Crippen molar-refractivity contribution in [3.8, 4) is 0 Å². The zero-order chi connectivity index (χ0) is 27.7. The van der Waals surface area contributed by atoms with Crippen LogP contribution in [-0.4, -0.2) is 0 Å². The van der Waals surface area contributed by atoms with Crippen molar-refractivity contribution < 1.29 is 0 Å². The van der Waals surface area contributed by atoms with Crippen LogP contribution < -0.4 is 0 Å². The first-order chi connectivity index (χ1) is 19.7.